The summed E-state index contributed by atoms with van der Waals surface area (Å²) >= 11 is 0. The lowest BCUT2D eigenvalue weighted by atomic mass is 10.2. The fourth-order valence-corrected chi connectivity index (χ4v) is 1.70. The number of nitrogens with zero attached hydrogens (tertiary/aromatic N) is 1. The van der Waals surface area contributed by atoms with E-state index >= 15 is 0 Å². The van der Waals surface area contributed by atoms with E-state index in [0.29, 0.717) is 25.1 Å². The first-order chi connectivity index (χ1) is 7.79. The standard InChI is InChI=1S/C12H16N2O2/c1-2-10-11(14-10)7-12(15)16-8-9-3-5-13-6-4-9/h3-6,10-11,14H,2,7-8H2,1H3. The molecule has 2 unspecified atom stereocenters. The Kier molecular flexibility index (Phi) is 3.51. The molecule has 1 aromatic heterocycles. The number of pyridine rings is 1. The Morgan fingerprint density at radius 1 is 1.44 bits per heavy atom. The van der Waals surface area contributed by atoms with Crippen LogP contribution in [0.4, 0.5) is 0 Å². The molecule has 1 aliphatic rings. The van der Waals surface area contributed by atoms with Crippen LogP contribution in [-0.4, -0.2) is 23.0 Å². The van der Waals surface area contributed by atoms with E-state index < -0.39 is 0 Å². The van der Waals surface area contributed by atoms with Crippen LogP contribution in [0.2, 0.25) is 0 Å². The highest BCUT2D eigenvalue weighted by Crippen LogP contribution is 2.18. The maximum atomic E-state index is 11.5. The van der Waals surface area contributed by atoms with Gasteiger partial charge in [0, 0.05) is 24.5 Å². The lowest BCUT2D eigenvalue weighted by Gasteiger charge is -2.03. The molecular weight excluding hydrogens is 204 g/mol. The molecule has 4 heteroatoms. The SMILES string of the molecule is CCC1NC1CC(=O)OCc1ccncc1. The van der Waals surface area contributed by atoms with Gasteiger partial charge in [0.05, 0.1) is 6.42 Å². The first kappa shape index (κ1) is 11.1. The van der Waals surface area contributed by atoms with Gasteiger partial charge >= 0.3 is 5.97 Å². The normalized spacial score (nSPS) is 22.8. The second kappa shape index (κ2) is 5.07. The minimum atomic E-state index is -0.134. The molecule has 1 aromatic rings. The molecule has 16 heavy (non-hydrogen) atoms. The van der Waals surface area contributed by atoms with Crippen molar-refractivity contribution in [1.29, 1.82) is 0 Å². The summed E-state index contributed by atoms with van der Waals surface area (Å²) in [5.74, 6) is -0.134. The highest BCUT2D eigenvalue weighted by Gasteiger charge is 2.36. The summed E-state index contributed by atoms with van der Waals surface area (Å²) < 4.78 is 5.17. The first-order valence-corrected chi connectivity index (χ1v) is 5.60. The number of rotatable bonds is 5. The zero-order valence-electron chi connectivity index (χ0n) is 9.35. The van der Waals surface area contributed by atoms with Crippen LogP contribution in [0.15, 0.2) is 24.5 Å². The van der Waals surface area contributed by atoms with Gasteiger partial charge in [0.25, 0.3) is 0 Å². The van der Waals surface area contributed by atoms with Crippen molar-refractivity contribution < 1.29 is 9.53 Å². The molecule has 0 aliphatic carbocycles. The van der Waals surface area contributed by atoms with Crippen LogP contribution < -0.4 is 5.32 Å². The van der Waals surface area contributed by atoms with Gasteiger partial charge < -0.3 is 10.1 Å². The van der Waals surface area contributed by atoms with Crippen LogP contribution in [-0.2, 0) is 16.1 Å². The Hall–Kier alpha value is -1.42. The molecule has 86 valence electrons. The fourth-order valence-electron chi connectivity index (χ4n) is 1.70. The molecule has 0 radical (unpaired) electrons. The number of aromatic nitrogens is 1. The lowest BCUT2D eigenvalue weighted by Crippen LogP contribution is -2.09. The summed E-state index contributed by atoms with van der Waals surface area (Å²) in [5, 5.41) is 3.24. The van der Waals surface area contributed by atoms with Gasteiger partial charge in [-0.1, -0.05) is 6.92 Å². The Morgan fingerprint density at radius 2 is 2.19 bits per heavy atom. The Balaban J connectivity index is 1.69. The van der Waals surface area contributed by atoms with Crippen LogP contribution in [0, 0.1) is 0 Å². The molecule has 2 rings (SSSR count). The van der Waals surface area contributed by atoms with Crippen molar-refractivity contribution in [3.8, 4) is 0 Å². The van der Waals surface area contributed by atoms with E-state index in [4.69, 9.17) is 4.74 Å². The number of hydrogen-bond donors (Lipinski definition) is 1. The van der Waals surface area contributed by atoms with Gasteiger partial charge in [0.1, 0.15) is 6.61 Å². The van der Waals surface area contributed by atoms with Gasteiger partial charge in [-0.25, -0.2) is 0 Å². The minimum absolute atomic E-state index is 0.134. The van der Waals surface area contributed by atoms with Gasteiger partial charge in [-0.2, -0.15) is 0 Å². The van der Waals surface area contributed by atoms with Gasteiger partial charge in [0.15, 0.2) is 0 Å². The summed E-state index contributed by atoms with van der Waals surface area (Å²) in [6.07, 6.45) is 4.93. The van der Waals surface area contributed by atoms with Gasteiger partial charge in [-0.3, -0.25) is 9.78 Å². The maximum absolute atomic E-state index is 11.5. The number of esters is 1. The summed E-state index contributed by atoms with van der Waals surface area (Å²) in [5.41, 5.74) is 0.971. The van der Waals surface area contributed by atoms with Gasteiger partial charge in [-0.05, 0) is 24.1 Å². The Labute approximate surface area is 95.0 Å². The predicted octanol–water partition coefficient (Wildman–Crippen LogP) is 1.27. The fraction of sp³-hybridized carbons (Fsp3) is 0.500. The molecule has 1 saturated heterocycles. The summed E-state index contributed by atoms with van der Waals surface area (Å²) in [6, 6.07) is 4.53. The first-order valence-electron chi connectivity index (χ1n) is 5.60. The zero-order valence-corrected chi connectivity index (χ0v) is 9.35. The van der Waals surface area contributed by atoms with Crippen molar-refractivity contribution in [3.63, 3.8) is 0 Å². The van der Waals surface area contributed by atoms with Gasteiger partial charge in [0.2, 0.25) is 0 Å². The van der Waals surface area contributed by atoms with E-state index in [1.807, 2.05) is 12.1 Å². The van der Waals surface area contributed by atoms with E-state index in [0.717, 1.165) is 12.0 Å². The number of carbonyl (C=O) groups excluding carboxylic acids is 1. The van der Waals surface area contributed by atoms with Crippen molar-refractivity contribution in [2.45, 2.75) is 38.5 Å². The topological polar surface area (TPSA) is 61.1 Å². The second-order valence-corrected chi connectivity index (χ2v) is 4.01. The lowest BCUT2D eigenvalue weighted by molar-refractivity contribution is -0.144. The quantitative estimate of drug-likeness (QED) is 0.599. The summed E-state index contributed by atoms with van der Waals surface area (Å²) in [6.45, 7) is 2.45. The monoisotopic (exact) mass is 220 g/mol. The van der Waals surface area contributed by atoms with Crippen molar-refractivity contribution in [1.82, 2.24) is 10.3 Å². The molecule has 0 bridgehead atoms. The highest BCUT2D eigenvalue weighted by atomic mass is 16.5. The van der Waals surface area contributed by atoms with Crippen LogP contribution in [0.25, 0.3) is 0 Å². The van der Waals surface area contributed by atoms with Crippen molar-refractivity contribution in [2.24, 2.45) is 0 Å². The second-order valence-electron chi connectivity index (χ2n) is 4.01. The molecule has 0 amide bonds. The van der Waals surface area contributed by atoms with Crippen LogP contribution >= 0.6 is 0 Å². The third-order valence-electron chi connectivity index (χ3n) is 2.78. The molecular formula is C12H16N2O2. The predicted molar refractivity (Wildman–Crippen MR) is 59.7 cm³/mol. The largest absolute Gasteiger partial charge is 0.461 e. The zero-order chi connectivity index (χ0) is 11.4. The van der Waals surface area contributed by atoms with E-state index in [1.165, 1.54) is 0 Å². The molecule has 2 heterocycles. The molecule has 0 saturated carbocycles. The van der Waals surface area contributed by atoms with Crippen LogP contribution in [0.5, 0.6) is 0 Å². The smallest absolute Gasteiger partial charge is 0.307 e. The molecule has 1 aliphatic heterocycles. The summed E-state index contributed by atoms with van der Waals surface area (Å²) in [7, 11) is 0. The minimum Gasteiger partial charge on any atom is -0.461 e. The molecule has 1 fully saturated rings. The van der Waals surface area contributed by atoms with Crippen LogP contribution in [0.3, 0.4) is 0 Å². The molecule has 0 spiro atoms. The Morgan fingerprint density at radius 3 is 2.81 bits per heavy atom. The maximum Gasteiger partial charge on any atom is 0.307 e. The number of hydrogen-bond acceptors (Lipinski definition) is 4. The highest BCUT2D eigenvalue weighted by molar-refractivity contribution is 5.70. The molecule has 2 atom stereocenters. The average Bonchev–Trinajstić information content (AvgIpc) is 3.06. The van der Waals surface area contributed by atoms with Crippen molar-refractivity contribution >= 4 is 5.97 Å². The number of carbonyl (C=O) groups is 1. The van der Waals surface area contributed by atoms with E-state index in [9.17, 15) is 4.79 Å². The summed E-state index contributed by atoms with van der Waals surface area (Å²) in [4.78, 5) is 15.4. The third-order valence-corrected chi connectivity index (χ3v) is 2.78. The van der Waals surface area contributed by atoms with Crippen molar-refractivity contribution in [3.05, 3.63) is 30.1 Å². The van der Waals surface area contributed by atoms with E-state index in [-0.39, 0.29) is 5.97 Å². The van der Waals surface area contributed by atoms with Crippen LogP contribution in [0.1, 0.15) is 25.3 Å². The number of nitrogens with one attached hydrogen (secondary N) is 1. The third kappa shape index (κ3) is 3.03. The molecule has 1 N–H and O–H groups in total. The molecule has 0 aromatic carbocycles. The number of ether oxygens (including phenoxy) is 1. The molecule has 4 nitrogen and oxygen atoms in total. The average molecular weight is 220 g/mol. The van der Waals surface area contributed by atoms with Gasteiger partial charge in [-0.15, -0.1) is 0 Å². The Bertz CT molecular complexity index is 353. The van der Waals surface area contributed by atoms with E-state index in [1.54, 1.807) is 12.4 Å². The van der Waals surface area contributed by atoms with Crippen molar-refractivity contribution in [2.75, 3.05) is 0 Å². The van der Waals surface area contributed by atoms with E-state index in [2.05, 4.69) is 17.2 Å².